The van der Waals surface area contributed by atoms with E-state index in [4.69, 9.17) is 5.14 Å². The summed E-state index contributed by atoms with van der Waals surface area (Å²) in [5.41, 5.74) is -2.15. The summed E-state index contributed by atoms with van der Waals surface area (Å²) in [5, 5.41) is 11.5. The largest absolute Gasteiger partial charge is 0.420 e. The molecular formula is C21H23F5N4O3S. The van der Waals surface area contributed by atoms with E-state index in [1.54, 1.807) is 0 Å². The number of primary sulfonamides is 1. The molecule has 0 bridgehead atoms. The highest BCUT2D eigenvalue weighted by molar-refractivity contribution is 7.89. The number of nitrogens with two attached hydrogens (primary N) is 1. The van der Waals surface area contributed by atoms with Crippen LogP contribution in [-0.2, 0) is 22.7 Å². The summed E-state index contributed by atoms with van der Waals surface area (Å²) >= 11 is 0. The minimum absolute atomic E-state index is 0.0670. The first-order valence-electron chi connectivity index (χ1n) is 10.7. The Morgan fingerprint density at radius 1 is 1.18 bits per heavy atom. The fraction of sp³-hybridized carbons (Fsp3) is 0.524. The molecule has 34 heavy (non-hydrogen) atoms. The van der Waals surface area contributed by atoms with Crippen molar-refractivity contribution >= 4 is 21.6 Å². The van der Waals surface area contributed by atoms with Crippen LogP contribution in [0.3, 0.4) is 0 Å². The summed E-state index contributed by atoms with van der Waals surface area (Å²) in [6, 6.07) is 4.81. The molecule has 1 amide bonds. The van der Waals surface area contributed by atoms with Crippen LogP contribution < -0.4 is 10.5 Å². The maximum absolute atomic E-state index is 14.1. The van der Waals surface area contributed by atoms with Crippen LogP contribution in [0.1, 0.15) is 66.2 Å². The van der Waals surface area contributed by atoms with Gasteiger partial charge in [0.15, 0.2) is 0 Å². The van der Waals surface area contributed by atoms with Gasteiger partial charge in [0.2, 0.25) is 15.9 Å². The topological polar surface area (TPSA) is 107 Å². The first-order valence-corrected chi connectivity index (χ1v) is 12.3. The van der Waals surface area contributed by atoms with Crippen molar-refractivity contribution in [1.82, 2.24) is 9.78 Å². The number of alkyl halides is 5. The highest BCUT2D eigenvalue weighted by atomic mass is 32.2. The van der Waals surface area contributed by atoms with E-state index in [0.717, 1.165) is 10.7 Å². The fourth-order valence-corrected chi connectivity index (χ4v) is 4.79. The zero-order chi connectivity index (χ0) is 24.9. The molecule has 3 N–H and O–H groups in total. The smallest absolute Gasteiger partial charge is 0.321 e. The predicted octanol–water partition coefficient (Wildman–Crippen LogP) is 4.50. The Hall–Kier alpha value is -2.54. The van der Waals surface area contributed by atoms with Gasteiger partial charge in [0.1, 0.15) is 11.3 Å². The minimum atomic E-state index is -4.87. The number of benzene rings is 1. The van der Waals surface area contributed by atoms with E-state index in [0.29, 0.717) is 12.8 Å². The van der Waals surface area contributed by atoms with Crippen LogP contribution in [-0.4, -0.2) is 30.0 Å². The maximum Gasteiger partial charge on any atom is 0.420 e. The molecule has 0 atom stereocenters. The highest BCUT2D eigenvalue weighted by Gasteiger charge is 2.46. The molecule has 0 saturated heterocycles. The van der Waals surface area contributed by atoms with Crippen LogP contribution in [0.2, 0.25) is 0 Å². The van der Waals surface area contributed by atoms with Crippen LogP contribution in [0.4, 0.5) is 27.6 Å². The number of amides is 1. The summed E-state index contributed by atoms with van der Waals surface area (Å²) in [6.45, 7) is -0.105. The quantitative estimate of drug-likeness (QED) is 0.563. The van der Waals surface area contributed by atoms with Gasteiger partial charge in [0.25, 0.3) is 5.91 Å². The first-order chi connectivity index (χ1) is 15.7. The summed E-state index contributed by atoms with van der Waals surface area (Å²) in [7, 11) is -4.10. The van der Waals surface area contributed by atoms with E-state index in [1.165, 1.54) is 18.2 Å². The Bertz CT molecular complexity index is 1200. The van der Waals surface area contributed by atoms with E-state index in [9.17, 15) is 35.2 Å². The third kappa shape index (κ3) is 5.40. The van der Waals surface area contributed by atoms with Gasteiger partial charge >= 0.3 is 6.18 Å². The van der Waals surface area contributed by atoms with E-state index in [-0.39, 0.29) is 54.4 Å². The van der Waals surface area contributed by atoms with E-state index < -0.39 is 45.2 Å². The molecule has 0 aliphatic heterocycles. The predicted molar refractivity (Wildman–Crippen MR) is 112 cm³/mol. The monoisotopic (exact) mass is 506 g/mol. The van der Waals surface area contributed by atoms with E-state index in [2.05, 4.69) is 10.4 Å². The molecule has 1 heterocycles. The molecule has 1 aromatic carbocycles. The number of anilines is 1. The molecule has 4 rings (SSSR count). The van der Waals surface area contributed by atoms with Crippen LogP contribution >= 0.6 is 0 Å². The van der Waals surface area contributed by atoms with E-state index >= 15 is 0 Å². The second kappa shape index (κ2) is 8.59. The molecule has 13 heteroatoms. The van der Waals surface area contributed by atoms with E-state index in [1.807, 2.05) is 0 Å². The van der Waals surface area contributed by atoms with Crippen molar-refractivity contribution in [2.45, 2.75) is 68.0 Å². The standard InChI is InChI=1S/C21H23F5N4O3S/c22-20(23)8-6-12(7-9-20)11-30-18(16(21(24,25)26)17(29-30)13-4-5-13)19(31)28-14-2-1-3-15(10-14)34(27,32)33/h1-3,10,12-13H,4-9,11H2,(H,28,31)(H2,27,32,33). The van der Waals surface area contributed by atoms with Crippen molar-refractivity contribution in [1.29, 1.82) is 0 Å². The van der Waals surface area contributed by atoms with Crippen LogP contribution in [0.15, 0.2) is 29.2 Å². The van der Waals surface area contributed by atoms with Gasteiger partial charge in [-0.15, -0.1) is 0 Å². The van der Waals surface area contributed by atoms with Crippen molar-refractivity contribution in [2.75, 3.05) is 5.32 Å². The number of halogens is 5. The lowest BCUT2D eigenvalue weighted by Crippen LogP contribution is -2.29. The highest BCUT2D eigenvalue weighted by Crippen LogP contribution is 2.47. The third-order valence-corrected chi connectivity index (χ3v) is 7.04. The Labute approximate surface area is 192 Å². The molecular weight excluding hydrogens is 483 g/mol. The number of nitrogens with zero attached hydrogens (tertiary/aromatic N) is 2. The summed E-state index contributed by atoms with van der Waals surface area (Å²) in [4.78, 5) is 12.8. The molecule has 7 nitrogen and oxygen atoms in total. The lowest BCUT2D eigenvalue weighted by Gasteiger charge is -2.28. The molecule has 0 unspecified atom stereocenters. The number of carbonyl (C=O) groups is 1. The number of aromatic nitrogens is 2. The molecule has 2 fully saturated rings. The number of sulfonamides is 1. The Morgan fingerprint density at radius 3 is 2.38 bits per heavy atom. The molecule has 2 saturated carbocycles. The molecule has 2 aliphatic rings. The summed E-state index contributed by atoms with van der Waals surface area (Å²) in [6.07, 6.45) is -4.40. The molecule has 186 valence electrons. The van der Waals surface area contributed by atoms with Crippen LogP contribution in [0.25, 0.3) is 0 Å². The molecule has 2 aromatic rings. The Morgan fingerprint density at radius 2 is 1.82 bits per heavy atom. The average Bonchev–Trinajstić information content (AvgIpc) is 3.49. The van der Waals surface area contributed by atoms with Crippen molar-refractivity contribution in [3.8, 4) is 0 Å². The Kier molecular flexibility index (Phi) is 6.21. The minimum Gasteiger partial charge on any atom is -0.321 e. The Balaban J connectivity index is 1.70. The van der Waals surface area contributed by atoms with Crippen molar-refractivity contribution < 1.29 is 35.2 Å². The molecule has 1 aromatic heterocycles. The normalized spacial score (nSPS) is 19.2. The van der Waals surface area contributed by atoms with Gasteiger partial charge in [-0.05, 0) is 49.8 Å². The molecule has 0 radical (unpaired) electrons. The number of carbonyl (C=O) groups excluding carboxylic acids is 1. The number of rotatable bonds is 6. The van der Waals surface area contributed by atoms with Crippen molar-refractivity contribution in [3.63, 3.8) is 0 Å². The first kappa shape index (κ1) is 24.6. The van der Waals surface area contributed by atoms with Gasteiger partial charge in [0, 0.05) is 31.0 Å². The fourth-order valence-electron chi connectivity index (χ4n) is 4.23. The zero-order valence-corrected chi connectivity index (χ0v) is 18.7. The molecule has 2 aliphatic carbocycles. The van der Waals surface area contributed by atoms with Gasteiger partial charge in [0.05, 0.1) is 10.6 Å². The zero-order valence-electron chi connectivity index (χ0n) is 17.9. The number of hydrogen-bond donors (Lipinski definition) is 2. The number of nitrogens with one attached hydrogen (secondary N) is 1. The lowest BCUT2D eigenvalue weighted by molar-refractivity contribution is -0.138. The maximum atomic E-state index is 14.1. The second-order valence-corrected chi connectivity index (χ2v) is 10.5. The van der Waals surface area contributed by atoms with Gasteiger partial charge in [-0.2, -0.15) is 18.3 Å². The van der Waals surface area contributed by atoms with Gasteiger partial charge in [-0.25, -0.2) is 22.3 Å². The SMILES string of the molecule is NS(=O)(=O)c1cccc(NC(=O)c2c(C(F)(F)F)c(C3CC3)nn2CC2CCC(F)(F)CC2)c1. The van der Waals surface area contributed by atoms with Crippen molar-refractivity contribution in [3.05, 3.63) is 41.2 Å². The average molecular weight is 506 g/mol. The van der Waals surface area contributed by atoms with Gasteiger partial charge < -0.3 is 5.32 Å². The second-order valence-electron chi connectivity index (χ2n) is 8.89. The third-order valence-electron chi connectivity index (χ3n) is 6.13. The van der Waals surface area contributed by atoms with Gasteiger partial charge in [-0.3, -0.25) is 9.48 Å². The summed E-state index contributed by atoms with van der Waals surface area (Å²) in [5.74, 6) is -4.71. The number of hydrogen-bond acceptors (Lipinski definition) is 4. The van der Waals surface area contributed by atoms with Crippen molar-refractivity contribution in [2.24, 2.45) is 11.1 Å². The van der Waals surface area contributed by atoms with Crippen LogP contribution in [0.5, 0.6) is 0 Å². The lowest BCUT2D eigenvalue weighted by atomic mass is 9.87. The van der Waals surface area contributed by atoms with Crippen LogP contribution in [0, 0.1) is 5.92 Å². The van der Waals surface area contributed by atoms with Gasteiger partial charge in [-0.1, -0.05) is 6.07 Å². The molecule has 0 spiro atoms. The summed E-state index contributed by atoms with van der Waals surface area (Å²) < 4.78 is 93.5.